The van der Waals surface area contributed by atoms with Crippen LogP contribution in [0.3, 0.4) is 0 Å². The molecule has 270 valence electrons. The average Bonchev–Trinajstić information content (AvgIpc) is 3.95. The number of nitrogens with one attached hydrogen (secondary N) is 3. The molecule has 6 rings (SSSR count). The van der Waals surface area contributed by atoms with Crippen molar-refractivity contribution in [1.82, 2.24) is 25.2 Å². The van der Waals surface area contributed by atoms with Gasteiger partial charge >= 0.3 is 6.09 Å². The van der Waals surface area contributed by atoms with Gasteiger partial charge in [0.25, 0.3) is 5.91 Å². The molecule has 0 unspecified atom stereocenters. The molecule has 2 saturated carbocycles. The summed E-state index contributed by atoms with van der Waals surface area (Å²) in [5.74, 6) is -2.27. The number of carbonyl (C=O) groups is 4. The van der Waals surface area contributed by atoms with Gasteiger partial charge in [0.1, 0.15) is 23.7 Å². The van der Waals surface area contributed by atoms with E-state index < -0.39 is 74.1 Å². The lowest BCUT2D eigenvalue weighted by Crippen LogP contribution is -2.59. The molecule has 0 spiro atoms. The largest absolute Gasteiger partial charge is 0.481 e. The number of hydrogen-bond donors (Lipinski definition) is 4. The van der Waals surface area contributed by atoms with Gasteiger partial charge in [-0.25, -0.2) is 13.2 Å². The number of benzene rings is 1. The fraction of sp³-hybridized carbons (Fsp3) is 0.571. The summed E-state index contributed by atoms with van der Waals surface area (Å²) in [6.45, 7) is 5.34. The molecule has 3 heterocycles. The Morgan fingerprint density at radius 3 is 2.58 bits per heavy atom. The predicted molar refractivity (Wildman–Crippen MR) is 183 cm³/mol. The maximum atomic E-state index is 14.3. The lowest BCUT2D eigenvalue weighted by atomic mass is 9.88. The summed E-state index contributed by atoms with van der Waals surface area (Å²) in [6, 6.07) is 6.84. The van der Waals surface area contributed by atoms with Crippen LogP contribution in [-0.2, 0) is 24.4 Å². The standard InChI is InChI=1S/C35H45N5O9S/c1-20-9-5-7-11-23-18-35(23,32(43)39-50(46,47)34(3)13-14-34)38-29(41)26-17-24(19-40(26)31(42)28(21(2)15-20)37-33(44)45)49-30-25-12-8-6-10-22(25)16-27(36-30)48-4/h6-8,10-12,16,20-21,23-24,26,28,37H,5,9,13-15,17-19H2,1-4H3,(H,38,41)(H,39,43)(H,44,45)/b11-7-/t20-,21+,23+,24+,26-,28-,35+/m0/s1. The molecule has 4 amide bonds. The first kappa shape index (κ1) is 35.4. The first-order valence-electron chi connectivity index (χ1n) is 17.1. The lowest BCUT2D eigenvalue weighted by Gasteiger charge is -2.32. The van der Waals surface area contributed by atoms with Crippen molar-refractivity contribution in [3.63, 3.8) is 0 Å². The Kier molecular flexibility index (Phi) is 9.48. The second-order valence-corrected chi connectivity index (χ2v) is 16.8. The Labute approximate surface area is 291 Å². The van der Waals surface area contributed by atoms with E-state index in [0.29, 0.717) is 36.9 Å². The molecule has 50 heavy (non-hydrogen) atoms. The number of amides is 4. The van der Waals surface area contributed by atoms with Gasteiger partial charge in [-0.15, -0.1) is 0 Å². The third-order valence-electron chi connectivity index (χ3n) is 10.7. The Balaban J connectivity index is 1.35. The summed E-state index contributed by atoms with van der Waals surface area (Å²) in [4.78, 5) is 60.2. The molecule has 4 N–H and O–H groups in total. The summed E-state index contributed by atoms with van der Waals surface area (Å²) < 4.78 is 39.1. The lowest BCUT2D eigenvalue weighted by molar-refractivity contribution is -0.142. The van der Waals surface area contributed by atoms with Gasteiger partial charge < -0.3 is 30.1 Å². The van der Waals surface area contributed by atoms with Crippen LogP contribution in [0.15, 0.2) is 42.5 Å². The monoisotopic (exact) mass is 711 g/mol. The van der Waals surface area contributed by atoms with E-state index >= 15 is 0 Å². The van der Waals surface area contributed by atoms with Crippen molar-refractivity contribution in [2.75, 3.05) is 13.7 Å². The molecule has 0 radical (unpaired) electrons. The van der Waals surface area contributed by atoms with Crippen molar-refractivity contribution in [2.45, 2.75) is 94.2 Å². The predicted octanol–water partition coefficient (Wildman–Crippen LogP) is 3.11. The Morgan fingerprint density at radius 2 is 1.88 bits per heavy atom. The van der Waals surface area contributed by atoms with Crippen LogP contribution in [0.25, 0.3) is 10.8 Å². The summed E-state index contributed by atoms with van der Waals surface area (Å²) in [5, 5.41) is 16.5. The molecule has 3 fully saturated rings. The number of nitrogens with zero attached hydrogens (tertiary/aromatic N) is 2. The molecular weight excluding hydrogens is 666 g/mol. The molecule has 15 heteroatoms. The smallest absolute Gasteiger partial charge is 0.405 e. The van der Waals surface area contributed by atoms with Crippen molar-refractivity contribution >= 4 is 44.6 Å². The van der Waals surface area contributed by atoms with E-state index in [4.69, 9.17) is 9.47 Å². The van der Waals surface area contributed by atoms with Crippen LogP contribution in [0.2, 0.25) is 0 Å². The fourth-order valence-electron chi connectivity index (χ4n) is 7.23. The zero-order valence-electron chi connectivity index (χ0n) is 28.7. The van der Waals surface area contributed by atoms with Gasteiger partial charge in [0.15, 0.2) is 0 Å². The molecule has 2 aromatic rings. The van der Waals surface area contributed by atoms with Gasteiger partial charge in [-0.3, -0.25) is 19.1 Å². The van der Waals surface area contributed by atoms with Crippen LogP contribution in [0, 0.1) is 17.8 Å². The molecule has 4 aliphatic rings. The Morgan fingerprint density at radius 1 is 1.14 bits per heavy atom. The number of methoxy groups -OCH3 is 1. The number of rotatable bonds is 7. The number of aromatic nitrogens is 1. The highest BCUT2D eigenvalue weighted by Gasteiger charge is 2.63. The number of ether oxygens (including phenoxy) is 2. The summed E-state index contributed by atoms with van der Waals surface area (Å²) in [7, 11) is -2.51. The molecule has 7 atom stereocenters. The normalized spacial score (nSPS) is 31.6. The van der Waals surface area contributed by atoms with E-state index in [0.717, 1.165) is 11.8 Å². The molecule has 1 aromatic carbocycles. The van der Waals surface area contributed by atoms with Crippen LogP contribution in [0.5, 0.6) is 11.8 Å². The quantitative estimate of drug-likeness (QED) is 0.310. The number of allylic oxidation sites excluding steroid dienone is 1. The third-order valence-corrected chi connectivity index (χ3v) is 12.9. The second kappa shape index (κ2) is 13.4. The number of sulfonamides is 1. The van der Waals surface area contributed by atoms with Crippen molar-refractivity contribution in [3.05, 3.63) is 42.5 Å². The molecule has 1 saturated heterocycles. The minimum Gasteiger partial charge on any atom is -0.481 e. The SMILES string of the molecule is COc1cc2ccccc2c(O[C@@H]2C[C@H]3C(=O)N[C@]4(C(=O)NS(=O)(=O)C5(C)CC5)C[C@H]4/C=C\CC[C@H](C)C[C@@H](C)[C@H](NC(=O)O)C(=O)N3C2)n1. The summed E-state index contributed by atoms with van der Waals surface area (Å²) in [6.07, 6.45) is 4.64. The number of carboxylic acid groups (broad SMARTS) is 1. The van der Waals surface area contributed by atoms with Gasteiger partial charge in [-0.2, -0.15) is 4.98 Å². The van der Waals surface area contributed by atoms with E-state index in [9.17, 15) is 32.7 Å². The molecule has 2 aliphatic heterocycles. The second-order valence-electron chi connectivity index (χ2n) is 14.6. The Bertz CT molecular complexity index is 1830. The number of carbonyl (C=O) groups excluding carboxylic acids is 3. The van der Waals surface area contributed by atoms with Gasteiger partial charge in [0, 0.05) is 23.8 Å². The van der Waals surface area contributed by atoms with Crippen molar-refractivity contribution < 1.29 is 42.2 Å². The maximum absolute atomic E-state index is 14.3. The van der Waals surface area contributed by atoms with Crippen LogP contribution >= 0.6 is 0 Å². The minimum atomic E-state index is -4.00. The fourth-order valence-corrected chi connectivity index (χ4v) is 8.54. The van der Waals surface area contributed by atoms with Crippen molar-refractivity contribution in [3.8, 4) is 11.8 Å². The van der Waals surface area contributed by atoms with Crippen molar-refractivity contribution in [1.29, 1.82) is 0 Å². The third kappa shape index (κ3) is 6.96. The minimum absolute atomic E-state index is 0.00391. The number of fused-ring (bicyclic) bond motifs is 3. The molecule has 2 aliphatic carbocycles. The van der Waals surface area contributed by atoms with Gasteiger partial charge in [0.05, 0.1) is 18.4 Å². The van der Waals surface area contributed by atoms with Crippen LogP contribution in [0.4, 0.5) is 4.79 Å². The van der Waals surface area contributed by atoms with Crippen molar-refractivity contribution in [2.24, 2.45) is 17.8 Å². The topological polar surface area (TPSA) is 193 Å². The molecular formula is C35H45N5O9S. The zero-order chi connectivity index (χ0) is 36.0. The average molecular weight is 712 g/mol. The van der Waals surface area contributed by atoms with Gasteiger partial charge in [-0.1, -0.05) is 44.2 Å². The molecule has 0 bridgehead atoms. The first-order chi connectivity index (χ1) is 23.7. The number of hydrogen-bond acceptors (Lipinski definition) is 9. The van der Waals surface area contributed by atoms with Crippen LogP contribution in [-0.4, -0.2) is 89.4 Å². The molecule has 14 nitrogen and oxygen atoms in total. The summed E-state index contributed by atoms with van der Waals surface area (Å²) >= 11 is 0. The first-order valence-corrected chi connectivity index (χ1v) is 18.6. The van der Waals surface area contributed by atoms with Crippen LogP contribution in [0.1, 0.15) is 65.7 Å². The highest BCUT2D eigenvalue weighted by molar-refractivity contribution is 7.91. The Hall–Kier alpha value is -4.40. The van der Waals surface area contributed by atoms with Crippen LogP contribution < -0.4 is 24.8 Å². The maximum Gasteiger partial charge on any atom is 0.405 e. The van der Waals surface area contributed by atoms with E-state index in [1.54, 1.807) is 13.0 Å². The van der Waals surface area contributed by atoms with Gasteiger partial charge in [-0.05, 0) is 68.7 Å². The van der Waals surface area contributed by atoms with Gasteiger partial charge in [0.2, 0.25) is 33.6 Å². The van der Waals surface area contributed by atoms with E-state index in [2.05, 4.69) is 20.3 Å². The highest BCUT2D eigenvalue weighted by atomic mass is 32.2. The number of pyridine rings is 1. The zero-order valence-corrected chi connectivity index (χ0v) is 29.5. The van der Waals surface area contributed by atoms with E-state index in [1.165, 1.54) is 12.0 Å². The molecule has 1 aromatic heterocycles. The van der Waals surface area contributed by atoms with E-state index in [-0.39, 0.29) is 31.2 Å². The van der Waals surface area contributed by atoms with E-state index in [1.807, 2.05) is 50.3 Å². The summed E-state index contributed by atoms with van der Waals surface area (Å²) in [5.41, 5.74) is -1.54. The highest BCUT2D eigenvalue weighted by Crippen LogP contribution is 2.47.